The summed E-state index contributed by atoms with van der Waals surface area (Å²) in [5, 5.41) is 1.62. The molecule has 2 heterocycles. The molecule has 0 aliphatic heterocycles. The van der Waals surface area contributed by atoms with E-state index in [1.54, 1.807) is 18.5 Å². The van der Waals surface area contributed by atoms with Crippen molar-refractivity contribution in [2.45, 2.75) is 5.16 Å². The van der Waals surface area contributed by atoms with Gasteiger partial charge in [-0.1, -0.05) is 30.0 Å². The van der Waals surface area contributed by atoms with Crippen molar-refractivity contribution in [3.05, 3.63) is 54.5 Å². The average molecular weight is 283 g/mol. The molecule has 0 spiro atoms. The van der Waals surface area contributed by atoms with Crippen LogP contribution < -0.4 is 0 Å². The second kappa shape index (κ2) is 5.46. The molecule has 0 aliphatic rings. The number of ketones is 1. The van der Waals surface area contributed by atoms with E-state index in [0.717, 1.165) is 16.5 Å². The highest BCUT2D eigenvalue weighted by Crippen LogP contribution is 2.22. The molecule has 0 N–H and O–H groups in total. The zero-order valence-electron chi connectivity index (χ0n) is 11.0. The predicted molar refractivity (Wildman–Crippen MR) is 80.0 cm³/mol. The van der Waals surface area contributed by atoms with E-state index in [-0.39, 0.29) is 5.78 Å². The maximum absolute atomic E-state index is 12.4. The van der Waals surface area contributed by atoms with Crippen LogP contribution in [0.2, 0.25) is 0 Å². The molecule has 0 bridgehead atoms. The first-order valence-corrected chi connectivity index (χ1v) is 7.21. The minimum Gasteiger partial charge on any atom is -0.350 e. The number of aromatic nitrogens is 3. The van der Waals surface area contributed by atoms with E-state index < -0.39 is 0 Å². The van der Waals surface area contributed by atoms with Crippen LogP contribution >= 0.6 is 11.8 Å². The first-order valence-electron chi connectivity index (χ1n) is 6.23. The summed E-state index contributed by atoms with van der Waals surface area (Å²) in [6.45, 7) is 0. The van der Waals surface area contributed by atoms with Crippen LogP contribution in [0.5, 0.6) is 0 Å². The third-order valence-electron chi connectivity index (χ3n) is 3.07. The van der Waals surface area contributed by atoms with E-state index >= 15 is 0 Å². The lowest BCUT2D eigenvalue weighted by Gasteiger charge is -1.99. The van der Waals surface area contributed by atoms with Crippen molar-refractivity contribution >= 4 is 28.4 Å². The third kappa shape index (κ3) is 2.44. The Morgan fingerprint density at radius 3 is 2.75 bits per heavy atom. The van der Waals surface area contributed by atoms with Gasteiger partial charge in [0.2, 0.25) is 0 Å². The summed E-state index contributed by atoms with van der Waals surface area (Å²) in [4.78, 5) is 20.6. The van der Waals surface area contributed by atoms with Gasteiger partial charge in [-0.2, -0.15) is 0 Å². The number of carbonyl (C=O) groups excluding carboxylic acids is 1. The number of thioether (sulfide) groups is 1. The van der Waals surface area contributed by atoms with Crippen LogP contribution in [0.15, 0.2) is 54.1 Å². The van der Waals surface area contributed by atoms with Crippen LogP contribution in [-0.2, 0) is 7.05 Å². The van der Waals surface area contributed by atoms with Crippen molar-refractivity contribution in [1.29, 1.82) is 0 Å². The van der Waals surface area contributed by atoms with Crippen LogP contribution in [0.3, 0.4) is 0 Å². The zero-order chi connectivity index (χ0) is 13.9. The molecule has 0 fully saturated rings. The topological polar surface area (TPSA) is 47.8 Å². The monoisotopic (exact) mass is 283 g/mol. The summed E-state index contributed by atoms with van der Waals surface area (Å²) in [5.74, 6) is 0.442. The minimum absolute atomic E-state index is 0.0965. The fourth-order valence-electron chi connectivity index (χ4n) is 2.13. The van der Waals surface area contributed by atoms with Crippen LogP contribution in [-0.4, -0.2) is 26.1 Å². The highest BCUT2D eigenvalue weighted by Gasteiger charge is 2.14. The number of carbonyl (C=O) groups is 1. The van der Waals surface area contributed by atoms with Crippen LogP contribution in [0, 0.1) is 0 Å². The Morgan fingerprint density at radius 2 is 1.95 bits per heavy atom. The van der Waals surface area contributed by atoms with E-state index in [2.05, 4.69) is 9.97 Å². The Morgan fingerprint density at radius 1 is 1.20 bits per heavy atom. The molecule has 0 aliphatic carbocycles. The van der Waals surface area contributed by atoms with Gasteiger partial charge < -0.3 is 4.57 Å². The highest BCUT2D eigenvalue weighted by atomic mass is 32.2. The molecule has 0 radical (unpaired) electrons. The average Bonchev–Trinajstić information content (AvgIpc) is 2.84. The van der Waals surface area contributed by atoms with E-state index in [4.69, 9.17) is 0 Å². The Kier molecular flexibility index (Phi) is 3.52. The van der Waals surface area contributed by atoms with Crippen molar-refractivity contribution in [3.63, 3.8) is 0 Å². The van der Waals surface area contributed by atoms with Gasteiger partial charge in [-0.05, 0) is 12.1 Å². The molecule has 0 saturated carbocycles. The number of hydrogen-bond donors (Lipinski definition) is 0. The maximum Gasteiger partial charge on any atom is 0.187 e. The highest BCUT2D eigenvalue weighted by molar-refractivity contribution is 7.99. The lowest BCUT2D eigenvalue weighted by atomic mass is 10.1. The summed E-state index contributed by atoms with van der Waals surface area (Å²) < 4.78 is 1.98. The first kappa shape index (κ1) is 12.9. The fraction of sp³-hybridized carbons (Fsp3) is 0.133. The summed E-state index contributed by atoms with van der Waals surface area (Å²) in [5.41, 5.74) is 1.82. The maximum atomic E-state index is 12.4. The molecular weight excluding hydrogens is 270 g/mol. The number of nitrogens with zero attached hydrogens (tertiary/aromatic N) is 3. The van der Waals surface area contributed by atoms with Crippen molar-refractivity contribution in [1.82, 2.24) is 14.5 Å². The van der Waals surface area contributed by atoms with Gasteiger partial charge in [-0.25, -0.2) is 9.97 Å². The summed E-state index contributed by atoms with van der Waals surface area (Å²) in [6, 6.07) is 9.68. The first-order chi connectivity index (χ1) is 9.75. The number of benzene rings is 1. The molecule has 0 unspecified atom stereocenters. The Labute approximate surface area is 120 Å². The summed E-state index contributed by atoms with van der Waals surface area (Å²) in [6.07, 6.45) is 5.24. The van der Waals surface area contributed by atoms with Gasteiger partial charge in [0.15, 0.2) is 10.9 Å². The Bertz CT molecular complexity index is 752. The van der Waals surface area contributed by atoms with Gasteiger partial charge in [-0.15, -0.1) is 0 Å². The van der Waals surface area contributed by atoms with Crippen molar-refractivity contribution in [2.75, 3.05) is 5.75 Å². The molecule has 0 saturated heterocycles. The smallest absolute Gasteiger partial charge is 0.187 e. The number of rotatable bonds is 4. The summed E-state index contributed by atoms with van der Waals surface area (Å²) >= 11 is 1.36. The predicted octanol–water partition coefficient (Wildman–Crippen LogP) is 2.94. The van der Waals surface area contributed by atoms with E-state index in [0.29, 0.717) is 10.9 Å². The van der Waals surface area contributed by atoms with Crippen molar-refractivity contribution in [3.8, 4) is 0 Å². The van der Waals surface area contributed by atoms with E-state index in [9.17, 15) is 4.79 Å². The van der Waals surface area contributed by atoms with Crippen molar-refractivity contribution < 1.29 is 4.79 Å². The molecule has 3 aromatic rings. The SMILES string of the molecule is Cn1cc(C(=O)CSc2ncccn2)c2ccccc21. The number of Topliss-reactive ketones (excluding diaryl/α,β-unsaturated/α-hetero) is 1. The quantitative estimate of drug-likeness (QED) is 0.419. The lowest BCUT2D eigenvalue weighted by molar-refractivity contribution is 0.102. The number of aryl methyl sites for hydroxylation is 1. The molecule has 0 atom stereocenters. The molecule has 4 nitrogen and oxygen atoms in total. The Balaban J connectivity index is 1.83. The second-order valence-electron chi connectivity index (χ2n) is 4.41. The van der Waals surface area contributed by atoms with E-state index in [1.165, 1.54) is 11.8 Å². The van der Waals surface area contributed by atoms with Gasteiger partial charge in [0.1, 0.15) is 0 Å². The minimum atomic E-state index is 0.0965. The number of fused-ring (bicyclic) bond motifs is 1. The van der Waals surface area contributed by atoms with Gasteiger partial charge in [-0.3, -0.25) is 4.79 Å². The standard InChI is InChI=1S/C15H13N3OS/c1-18-9-12(11-5-2-3-6-13(11)18)14(19)10-20-15-16-7-4-8-17-15/h2-9H,10H2,1H3. The molecule has 20 heavy (non-hydrogen) atoms. The molecule has 3 rings (SSSR count). The van der Waals surface area contributed by atoms with Gasteiger partial charge in [0, 0.05) is 42.1 Å². The van der Waals surface area contributed by atoms with Gasteiger partial charge >= 0.3 is 0 Å². The van der Waals surface area contributed by atoms with Crippen LogP contribution in [0.4, 0.5) is 0 Å². The van der Waals surface area contributed by atoms with Gasteiger partial charge in [0.05, 0.1) is 5.75 Å². The van der Waals surface area contributed by atoms with Crippen molar-refractivity contribution in [2.24, 2.45) is 7.05 Å². The molecular formula is C15H13N3OS. The fourth-order valence-corrected chi connectivity index (χ4v) is 2.82. The van der Waals surface area contributed by atoms with Gasteiger partial charge in [0.25, 0.3) is 0 Å². The molecule has 2 aromatic heterocycles. The second-order valence-corrected chi connectivity index (χ2v) is 5.36. The molecule has 5 heteroatoms. The van der Waals surface area contributed by atoms with Crippen LogP contribution in [0.25, 0.3) is 10.9 Å². The number of hydrogen-bond acceptors (Lipinski definition) is 4. The molecule has 100 valence electrons. The Hall–Kier alpha value is -2.14. The summed E-state index contributed by atoms with van der Waals surface area (Å²) in [7, 11) is 1.95. The molecule has 0 amide bonds. The normalized spacial score (nSPS) is 10.8. The van der Waals surface area contributed by atoms with E-state index in [1.807, 2.05) is 42.1 Å². The molecule has 1 aromatic carbocycles. The lowest BCUT2D eigenvalue weighted by Crippen LogP contribution is -2.02. The van der Waals surface area contributed by atoms with Crippen LogP contribution in [0.1, 0.15) is 10.4 Å². The number of para-hydroxylation sites is 1. The third-order valence-corrected chi connectivity index (χ3v) is 3.95. The zero-order valence-corrected chi connectivity index (χ0v) is 11.8. The largest absolute Gasteiger partial charge is 0.350 e.